The summed E-state index contributed by atoms with van der Waals surface area (Å²) in [5.41, 5.74) is 0.0228. The number of carbonyl (C=O) groups is 2. The van der Waals surface area contributed by atoms with Crippen molar-refractivity contribution < 1.29 is 19.1 Å². The number of fused-ring (bicyclic) bond motifs is 1. The third-order valence-corrected chi connectivity index (χ3v) is 5.40. The van der Waals surface area contributed by atoms with E-state index < -0.39 is 23.5 Å². The molecule has 25 heavy (non-hydrogen) atoms. The number of benzene rings is 1. The van der Waals surface area contributed by atoms with Gasteiger partial charge in [-0.3, -0.25) is 9.59 Å². The van der Waals surface area contributed by atoms with E-state index in [0.717, 1.165) is 5.69 Å². The maximum atomic E-state index is 13.3. The van der Waals surface area contributed by atoms with Crippen molar-refractivity contribution in [1.29, 1.82) is 0 Å². The molecule has 0 saturated carbocycles. The first-order chi connectivity index (χ1) is 12.1. The van der Waals surface area contributed by atoms with Crippen LogP contribution in [0.4, 0.5) is 5.69 Å². The number of hydrogen-bond acceptors (Lipinski definition) is 4. The number of rotatable bonds is 5. The van der Waals surface area contributed by atoms with Gasteiger partial charge in [0.25, 0.3) is 0 Å². The summed E-state index contributed by atoms with van der Waals surface area (Å²) < 4.78 is 11.5. The Bertz CT molecular complexity index is 743. The minimum Gasteiger partial charge on any atom is -0.466 e. The van der Waals surface area contributed by atoms with Gasteiger partial charge < -0.3 is 14.4 Å². The highest BCUT2D eigenvalue weighted by Gasteiger charge is 2.71. The lowest BCUT2D eigenvalue weighted by molar-refractivity contribution is -0.151. The topological polar surface area (TPSA) is 55.8 Å². The third kappa shape index (κ3) is 2.12. The first-order valence-electron chi connectivity index (χ1n) is 8.67. The summed E-state index contributed by atoms with van der Waals surface area (Å²) in [6.45, 7) is 5.90. The monoisotopic (exact) mass is 339 g/mol. The second kappa shape index (κ2) is 5.85. The molecule has 2 fully saturated rings. The van der Waals surface area contributed by atoms with Crippen LogP contribution >= 0.6 is 0 Å². The van der Waals surface area contributed by atoms with Crippen molar-refractivity contribution in [2.24, 2.45) is 11.8 Å². The van der Waals surface area contributed by atoms with Crippen LogP contribution in [0.2, 0.25) is 0 Å². The first-order valence-corrected chi connectivity index (χ1v) is 8.67. The highest BCUT2D eigenvalue weighted by molar-refractivity contribution is 6.03. The Balaban J connectivity index is 1.79. The van der Waals surface area contributed by atoms with E-state index in [1.807, 2.05) is 42.5 Å². The van der Waals surface area contributed by atoms with Crippen molar-refractivity contribution in [3.05, 3.63) is 55.1 Å². The lowest BCUT2D eigenvalue weighted by Crippen LogP contribution is -2.45. The molecule has 1 amide bonds. The largest absolute Gasteiger partial charge is 0.466 e. The van der Waals surface area contributed by atoms with Crippen molar-refractivity contribution in [2.45, 2.75) is 31.1 Å². The molecule has 130 valence electrons. The number of amides is 1. The number of para-hydroxylation sites is 1. The van der Waals surface area contributed by atoms with Gasteiger partial charge in [0.1, 0.15) is 11.5 Å². The predicted octanol–water partition coefficient (Wildman–Crippen LogP) is 2.48. The van der Waals surface area contributed by atoms with Gasteiger partial charge in [0.05, 0.1) is 24.7 Å². The van der Waals surface area contributed by atoms with Crippen LogP contribution in [0.15, 0.2) is 55.1 Å². The fourth-order valence-corrected chi connectivity index (χ4v) is 4.50. The quantitative estimate of drug-likeness (QED) is 0.611. The number of nitrogens with zero attached hydrogens (tertiary/aromatic N) is 1. The lowest BCUT2D eigenvalue weighted by Gasteiger charge is -2.32. The maximum absolute atomic E-state index is 13.3. The van der Waals surface area contributed by atoms with E-state index >= 15 is 0 Å². The SMILES string of the molecule is C=CC[C@H]1N(c2ccccc2)C(=O)[C@@H]2[C@H](C(=O)OCC)[C@@H]3C=C[C@]21O3. The standard InChI is InChI=1S/C20H21NO4/c1-3-8-15-20-12-11-14(25-20)16(19(23)24-4-2)17(20)18(22)21(15)13-9-6-5-7-10-13/h3,5-7,9-12,14-17H,1,4,8H2,2H3/t14-,15+,16+,17-,20+/m0/s1. The van der Waals surface area contributed by atoms with Gasteiger partial charge in [0, 0.05) is 5.69 Å². The summed E-state index contributed by atoms with van der Waals surface area (Å²) in [7, 11) is 0. The number of carbonyl (C=O) groups excluding carboxylic acids is 2. The smallest absolute Gasteiger partial charge is 0.312 e. The molecule has 5 nitrogen and oxygen atoms in total. The van der Waals surface area contributed by atoms with E-state index in [9.17, 15) is 9.59 Å². The molecule has 0 N–H and O–H groups in total. The van der Waals surface area contributed by atoms with Crippen LogP contribution in [0.3, 0.4) is 0 Å². The Hall–Kier alpha value is -2.40. The van der Waals surface area contributed by atoms with Crippen molar-refractivity contribution >= 4 is 17.6 Å². The molecular weight excluding hydrogens is 318 g/mol. The fourth-order valence-electron chi connectivity index (χ4n) is 4.50. The van der Waals surface area contributed by atoms with Crippen LogP contribution in [-0.2, 0) is 19.1 Å². The fraction of sp³-hybridized carbons (Fsp3) is 0.400. The molecule has 0 aliphatic carbocycles. The normalized spacial score (nSPS) is 35.1. The van der Waals surface area contributed by atoms with Gasteiger partial charge in [-0.15, -0.1) is 6.58 Å². The minimum absolute atomic E-state index is 0.0806. The molecule has 2 saturated heterocycles. The summed E-state index contributed by atoms with van der Waals surface area (Å²) in [4.78, 5) is 27.6. The molecule has 1 aromatic carbocycles. The lowest BCUT2D eigenvalue weighted by atomic mass is 9.74. The molecule has 2 bridgehead atoms. The van der Waals surface area contributed by atoms with Crippen LogP contribution < -0.4 is 4.90 Å². The van der Waals surface area contributed by atoms with Crippen molar-refractivity contribution in [3.63, 3.8) is 0 Å². The Kier molecular flexibility index (Phi) is 3.76. The van der Waals surface area contributed by atoms with Crippen LogP contribution in [0.5, 0.6) is 0 Å². The highest BCUT2D eigenvalue weighted by atomic mass is 16.6. The van der Waals surface area contributed by atoms with Crippen molar-refractivity contribution in [1.82, 2.24) is 0 Å². The van der Waals surface area contributed by atoms with Gasteiger partial charge in [0.2, 0.25) is 5.91 Å². The predicted molar refractivity (Wildman–Crippen MR) is 92.9 cm³/mol. The van der Waals surface area contributed by atoms with Gasteiger partial charge in [-0.2, -0.15) is 0 Å². The summed E-state index contributed by atoms with van der Waals surface area (Å²) in [5, 5.41) is 0. The molecule has 3 aliphatic rings. The molecule has 1 aromatic rings. The molecule has 5 atom stereocenters. The molecule has 3 aliphatic heterocycles. The first kappa shape index (κ1) is 16.1. The van der Waals surface area contributed by atoms with E-state index in [1.165, 1.54) is 0 Å². The number of ether oxygens (including phenoxy) is 2. The number of anilines is 1. The Morgan fingerprint density at radius 1 is 1.40 bits per heavy atom. The highest BCUT2D eigenvalue weighted by Crippen LogP contribution is 2.56. The Labute approximate surface area is 146 Å². The number of hydrogen-bond donors (Lipinski definition) is 0. The summed E-state index contributed by atoms with van der Waals surface area (Å²) in [6, 6.07) is 9.30. The molecule has 4 rings (SSSR count). The average Bonchev–Trinajstić information content (AvgIpc) is 3.25. The van der Waals surface area contributed by atoms with E-state index in [4.69, 9.17) is 9.47 Å². The second-order valence-electron chi connectivity index (χ2n) is 6.63. The van der Waals surface area contributed by atoms with E-state index in [1.54, 1.807) is 17.9 Å². The Morgan fingerprint density at radius 2 is 2.16 bits per heavy atom. The van der Waals surface area contributed by atoms with Crippen LogP contribution in [-0.4, -0.2) is 36.2 Å². The van der Waals surface area contributed by atoms with Crippen LogP contribution in [0, 0.1) is 11.8 Å². The van der Waals surface area contributed by atoms with Gasteiger partial charge in [-0.05, 0) is 25.5 Å². The molecular formula is C20H21NO4. The molecule has 5 heteroatoms. The van der Waals surface area contributed by atoms with E-state index in [0.29, 0.717) is 6.42 Å². The maximum Gasteiger partial charge on any atom is 0.312 e. The molecule has 0 unspecified atom stereocenters. The number of esters is 1. The molecule has 0 radical (unpaired) electrons. The summed E-state index contributed by atoms with van der Waals surface area (Å²) in [6.07, 6.45) is 5.86. The zero-order valence-electron chi connectivity index (χ0n) is 14.1. The van der Waals surface area contributed by atoms with Crippen LogP contribution in [0.1, 0.15) is 13.3 Å². The molecule has 1 spiro atoms. The van der Waals surface area contributed by atoms with Gasteiger partial charge >= 0.3 is 5.97 Å². The molecule has 3 heterocycles. The summed E-state index contributed by atoms with van der Waals surface area (Å²) >= 11 is 0. The average molecular weight is 339 g/mol. The zero-order chi connectivity index (χ0) is 17.6. The van der Waals surface area contributed by atoms with E-state index in [2.05, 4.69) is 6.58 Å². The molecule has 0 aromatic heterocycles. The zero-order valence-corrected chi connectivity index (χ0v) is 14.1. The second-order valence-corrected chi connectivity index (χ2v) is 6.63. The Morgan fingerprint density at radius 3 is 2.84 bits per heavy atom. The van der Waals surface area contributed by atoms with Crippen molar-refractivity contribution in [2.75, 3.05) is 11.5 Å². The van der Waals surface area contributed by atoms with E-state index in [-0.39, 0.29) is 24.5 Å². The van der Waals surface area contributed by atoms with Crippen LogP contribution in [0.25, 0.3) is 0 Å². The van der Waals surface area contributed by atoms with Gasteiger partial charge in [-0.25, -0.2) is 0 Å². The third-order valence-electron chi connectivity index (χ3n) is 5.40. The van der Waals surface area contributed by atoms with Gasteiger partial charge in [0.15, 0.2) is 0 Å². The summed E-state index contributed by atoms with van der Waals surface area (Å²) in [5.74, 6) is -1.57. The van der Waals surface area contributed by atoms with Crippen molar-refractivity contribution in [3.8, 4) is 0 Å². The minimum atomic E-state index is -0.788. The van der Waals surface area contributed by atoms with Gasteiger partial charge in [-0.1, -0.05) is 36.4 Å².